The highest BCUT2D eigenvalue weighted by Gasteiger charge is 2.28. The summed E-state index contributed by atoms with van der Waals surface area (Å²) >= 11 is 0. The lowest BCUT2D eigenvalue weighted by molar-refractivity contribution is 0.236. The molecular formula is C16H22. The van der Waals surface area contributed by atoms with Crippen LogP contribution >= 0.6 is 0 Å². The van der Waals surface area contributed by atoms with Gasteiger partial charge in [0.1, 0.15) is 0 Å². The molecule has 0 N–H and O–H groups in total. The molecule has 0 heteroatoms. The van der Waals surface area contributed by atoms with Crippen LogP contribution in [-0.4, -0.2) is 0 Å². The fraction of sp³-hybridized carbons (Fsp3) is 0.500. The molecule has 0 saturated heterocycles. The van der Waals surface area contributed by atoms with Crippen molar-refractivity contribution >= 4 is 6.08 Å². The molecule has 1 fully saturated rings. The van der Waals surface area contributed by atoms with Crippen LogP contribution in [0.2, 0.25) is 0 Å². The van der Waals surface area contributed by atoms with Crippen LogP contribution in [0.3, 0.4) is 0 Å². The molecule has 0 radical (unpaired) electrons. The van der Waals surface area contributed by atoms with Gasteiger partial charge >= 0.3 is 0 Å². The second kappa shape index (κ2) is 4.45. The zero-order chi connectivity index (χ0) is 11.6. The Balaban J connectivity index is 2.15. The number of rotatable bonds is 1. The van der Waals surface area contributed by atoms with Crippen LogP contribution in [0, 0.1) is 11.3 Å². The zero-order valence-corrected chi connectivity index (χ0v) is 10.7. The van der Waals surface area contributed by atoms with Crippen molar-refractivity contribution in [1.82, 2.24) is 0 Å². The average Bonchev–Trinajstić information content (AvgIpc) is 2.23. The summed E-state index contributed by atoms with van der Waals surface area (Å²) in [6, 6.07) is 10.7. The van der Waals surface area contributed by atoms with E-state index < -0.39 is 0 Å². The summed E-state index contributed by atoms with van der Waals surface area (Å²) < 4.78 is 0. The van der Waals surface area contributed by atoms with Crippen molar-refractivity contribution in [2.75, 3.05) is 0 Å². The third-order valence-corrected chi connectivity index (χ3v) is 3.73. The van der Waals surface area contributed by atoms with Crippen molar-refractivity contribution < 1.29 is 0 Å². The third-order valence-electron chi connectivity index (χ3n) is 3.73. The topological polar surface area (TPSA) is 0 Å². The predicted octanol–water partition coefficient (Wildman–Crippen LogP) is 4.92. The van der Waals surface area contributed by atoms with E-state index in [1.807, 2.05) is 0 Å². The molecule has 0 bridgehead atoms. The van der Waals surface area contributed by atoms with Gasteiger partial charge in [-0.25, -0.2) is 0 Å². The van der Waals surface area contributed by atoms with Gasteiger partial charge in [0.2, 0.25) is 0 Å². The van der Waals surface area contributed by atoms with Gasteiger partial charge in [0, 0.05) is 0 Å². The average molecular weight is 214 g/mol. The lowest BCUT2D eigenvalue weighted by Gasteiger charge is -2.35. The summed E-state index contributed by atoms with van der Waals surface area (Å²) in [5.74, 6) is 0.740. The number of hydrogen-bond donors (Lipinski definition) is 0. The fourth-order valence-electron chi connectivity index (χ4n) is 2.77. The molecule has 0 amide bonds. The Kier molecular flexibility index (Phi) is 3.18. The van der Waals surface area contributed by atoms with Crippen molar-refractivity contribution in [3.8, 4) is 0 Å². The van der Waals surface area contributed by atoms with E-state index in [0.717, 1.165) is 5.92 Å². The minimum Gasteiger partial charge on any atom is -0.0668 e. The van der Waals surface area contributed by atoms with Crippen LogP contribution in [-0.2, 0) is 0 Å². The maximum atomic E-state index is 2.39. The second-order valence-electron chi connectivity index (χ2n) is 5.90. The van der Waals surface area contributed by atoms with E-state index in [1.165, 1.54) is 24.8 Å². The number of allylic oxidation sites excluding steroid dienone is 1. The van der Waals surface area contributed by atoms with Gasteiger partial charge in [-0.05, 0) is 36.2 Å². The predicted molar refractivity (Wildman–Crippen MR) is 71.2 cm³/mol. The zero-order valence-electron chi connectivity index (χ0n) is 10.7. The van der Waals surface area contributed by atoms with Gasteiger partial charge in [-0.15, -0.1) is 0 Å². The van der Waals surface area contributed by atoms with E-state index in [0.29, 0.717) is 5.41 Å². The molecule has 2 rings (SSSR count). The Morgan fingerprint density at radius 3 is 2.50 bits per heavy atom. The molecule has 1 aromatic rings. The molecule has 86 valence electrons. The molecule has 0 nitrogen and oxygen atoms in total. The maximum Gasteiger partial charge on any atom is -0.0223 e. The van der Waals surface area contributed by atoms with Crippen LogP contribution in [0.15, 0.2) is 35.9 Å². The lowest BCUT2D eigenvalue weighted by Crippen LogP contribution is -2.22. The molecule has 1 aliphatic rings. The van der Waals surface area contributed by atoms with Gasteiger partial charge in [0.25, 0.3) is 0 Å². The first-order valence-electron chi connectivity index (χ1n) is 6.32. The Morgan fingerprint density at radius 2 is 1.88 bits per heavy atom. The molecule has 1 aliphatic carbocycles. The molecule has 16 heavy (non-hydrogen) atoms. The summed E-state index contributed by atoms with van der Waals surface area (Å²) in [6.45, 7) is 7.15. The molecule has 0 aliphatic heterocycles. The van der Waals surface area contributed by atoms with Gasteiger partial charge in [0.15, 0.2) is 0 Å². The van der Waals surface area contributed by atoms with Crippen LogP contribution < -0.4 is 0 Å². The van der Waals surface area contributed by atoms with Gasteiger partial charge in [-0.3, -0.25) is 0 Å². The monoisotopic (exact) mass is 214 g/mol. The van der Waals surface area contributed by atoms with E-state index in [4.69, 9.17) is 0 Å². The van der Waals surface area contributed by atoms with Crippen LogP contribution in [0.4, 0.5) is 0 Å². The molecule has 1 unspecified atom stereocenters. The van der Waals surface area contributed by atoms with Crippen LogP contribution in [0.5, 0.6) is 0 Å². The first-order valence-corrected chi connectivity index (χ1v) is 6.32. The largest absolute Gasteiger partial charge is 0.0668 e. The van der Waals surface area contributed by atoms with Crippen LogP contribution in [0.25, 0.3) is 6.08 Å². The lowest BCUT2D eigenvalue weighted by atomic mass is 9.70. The highest BCUT2D eigenvalue weighted by atomic mass is 14.3. The van der Waals surface area contributed by atoms with Gasteiger partial charge < -0.3 is 0 Å². The summed E-state index contributed by atoms with van der Waals surface area (Å²) in [5, 5.41) is 0. The Hall–Kier alpha value is -1.04. The van der Waals surface area contributed by atoms with Gasteiger partial charge in [0.05, 0.1) is 0 Å². The minimum absolute atomic E-state index is 0.535. The quantitative estimate of drug-likeness (QED) is 0.622. The number of benzene rings is 1. The summed E-state index contributed by atoms with van der Waals surface area (Å²) in [5.41, 5.74) is 3.52. The Morgan fingerprint density at radius 1 is 1.19 bits per heavy atom. The molecule has 0 aromatic heterocycles. The van der Waals surface area contributed by atoms with E-state index in [1.54, 1.807) is 5.57 Å². The molecule has 1 saturated carbocycles. The van der Waals surface area contributed by atoms with E-state index >= 15 is 0 Å². The molecule has 1 atom stereocenters. The summed E-state index contributed by atoms with van der Waals surface area (Å²) in [7, 11) is 0. The van der Waals surface area contributed by atoms with Gasteiger partial charge in [-0.2, -0.15) is 0 Å². The first-order chi connectivity index (χ1) is 7.57. The Labute approximate surface area is 99.4 Å². The highest BCUT2D eigenvalue weighted by Crippen LogP contribution is 2.41. The van der Waals surface area contributed by atoms with Crippen LogP contribution in [0.1, 0.15) is 45.6 Å². The SMILES string of the molecule is CC1CC(C)(C)CC/C1=C/c1ccccc1. The maximum absolute atomic E-state index is 2.39. The van der Waals surface area contributed by atoms with E-state index in [2.05, 4.69) is 57.2 Å². The van der Waals surface area contributed by atoms with Crippen molar-refractivity contribution in [3.63, 3.8) is 0 Å². The number of hydrogen-bond acceptors (Lipinski definition) is 0. The third kappa shape index (κ3) is 2.75. The molecule has 1 aromatic carbocycles. The standard InChI is InChI=1S/C16H22/c1-13-12-16(2,3)10-9-15(13)11-14-7-5-4-6-8-14/h4-8,11,13H,9-10,12H2,1-3H3/b15-11-. The van der Waals surface area contributed by atoms with Crippen molar-refractivity contribution in [1.29, 1.82) is 0 Å². The Bertz CT molecular complexity index is 370. The van der Waals surface area contributed by atoms with E-state index in [-0.39, 0.29) is 0 Å². The second-order valence-corrected chi connectivity index (χ2v) is 5.90. The summed E-state index contributed by atoms with van der Waals surface area (Å²) in [6.07, 6.45) is 6.31. The minimum atomic E-state index is 0.535. The highest BCUT2D eigenvalue weighted by molar-refractivity contribution is 5.53. The molecule has 0 spiro atoms. The molecule has 0 heterocycles. The molecular weight excluding hydrogens is 192 g/mol. The summed E-state index contributed by atoms with van der Waals surface area (Å²) in [4.78, 5) is 0. The fourth-order valence-corrected chi connectivity index (χ4v) is 2.77. The van der Waals surface area contributed by atoms with E-state index in [9.17, 15) is 0 Å². The first kappa shape index (κ1) is 11.4. The van der Waals surface area contributed by atoms with Gasteiger partial charge in [-0.1, -0.05) is 62.8 Å². The normalized spacial score (nSPS) is 26.9. The smallest absolute Gasteiger partial charge is 0.0223 e. The van der Waals surface area contributed by atoms with Crippen molar-refractivity contribution in [2.45, 2.75) is 40.0 Å². The van der Waals surface area contributed by atoms with Crippen molar-refractivity contribution in [3.05, 3.63) is 41.5 Å². The van der Waals surface area contributed by atoms with Crippen molar-refractivity contribution in [2.24, 2.45) is 11.3 Å².